The summed E-state index contributed by atoms with van der Waals surface area (Å²) >= 11 is 1.38. The Morgan fingerprint density at radius 2 is 2.15 bits per heavy atom. The third-order valence-electron chi connectivity index (χ3n) is 4.78. The maximum Gasteiger partial charge on any atom is 0.350 e. The van der Waals surface area contributed by atoms with Crippen LogP contribution in [0.5, 0.6) is 0 Å². The standard InChI is InChI=1S/C19H32N4O2S/c1-5-25-18(24)16-13(2)22-17(26-16)14(3)23-19(20-4)21-12-8-11-15-9-6-7-10-15/h14-15H,5-12H2,1-4H3,(H2,20,21,23). The van der Waals surface area contributed by atoms with E-state index >= 15 is 0 Å². The van der Waals surface area contributed by atoms with Gasteiger partial charge >= 0.3 is 5.97 Å². The molecule has 6 nitrogen and oxygen atoms in total. The molecule has 1 saturated carbocycles. The number of aliphatic imine (C=N–C) groups is 1. The second-order valence-electron chi connectivity index (χ2n) is 6.84. The first-order valence-electron chi connectivity index (χ1n) is 9.66. The van der Waals surface area contributed by atoms with Gasteiger partial charge < -0.3 is 15.4 Å². The van der Waals surface area contributed by atoms with Gasteiger partial charge in [0.15, 0.2) is 5.96 Å². The van der Waals surface area contributed by atoms with Crippen LogP contribution in [0.4, 0.5) is 0 Å². The predicted molar refractivity (Wildman–Crippen MR) is 107 cm³/mol. The molecule has 1 atom stereocenters. The van der Waals surface area contributed by atoms with Crippen LogP contribution >= 0.6 is 11.3 Å². The first-order chi connectivity index (χ1) is 12.5. The van der Waals surface area contributed by atoms with Gasteiger partial charge in [0.1, 0.15) is 9.88 Å². The monoisotopic (exact) mass is 380 g/mol. The lowest BCUT2D eigenvalue weighted by Gasteiger charge is -2.16. The molecule has 0 saturated heterocycles. The summed E-state index contributed by atoms with van der Waals surface area (Å²) < 4.78 is 5.09. The van der Waals surface area contributed by atoms with E-state index in [-0.39, 0.29) is 12.0 Å². The van der Waals surface area contributed by atoms with Gasteiger partial charge in [-0.3, -0.25) is 4.99 Å². The molecule has 1 unspecified atom stereocenters. The fourth-order valence-corrected chi connectivity index (χ4v) is 4.31. The Hall–Kier alpha value is -1.63. The molecule has 0 bridgehead atoms. The molecule has 0 spiro atoms. The Bertz CT molecular complexity index is 609. The molecule has 26 heavy (non-hydrogen) atoms. The van der Waals surface area contributed by atoms with Crippen molar-refractivity contribution in [2.24, 2.45) is 10.9 Å². The van der Waals surface area contributed by atoms with E-state index in [4.69, 9.17) is 4.74 Å². The van der Waals surface area contributed by atoms with Crippen LogP contribution in [-0.4, -0.2) is 37.1 Å². The number of aryl methyl sites for hydroxylation is 1. The highest BCUT2D eigenvalue weighted by atomic mass is 32.1. The minimum atomic E-state index is -0.296. The van der Waals surface area contributed by atoms with Gasteiger partial charge in [-0.1, -0.05) is 25.7 Å². The Morgan fingerprint density at radius 3 is 2.81 bits per heavy atom. The molecule has 1 aromatic rings. The van der Waals surface area contributed by atoms with Crippen LogP contribution in [-0.2, 0) is 4.74 Å². The van der Waals surface area contributed by atoms with Crippen LogP contribution in [0.2, 0.25) is 0 Å². The van der Waals surface area contributed by atoms with Gasteiger partial charge in [-0.15, -0.1) is 11.3 Å². The fourth-order valence-electron chi connectivity index (χ4n) is 3.35. The highest BCUT2D eigenvalue weighted by Crippen LogP contribution is 2.28. The quantitative estimate of drug-likeness (QED) is 0.310. The molecule has 1 fully saturated rings. The minimum Gasteiger partial charge on any atom is -0.462 e. The van der Waals surface area contributed by atoms with E-state index in [1.54, 1.807) is 7.05 Å². The Balaban J connectivity index is 1.81. The number of aromatic nitrogens is 1. The smallest absolute Gasteiger partial charge is 0.350 e. The van der Waals surface area contributed by atoms with Gasteiger partial charge in [0.05, 0.1) is 18.3 Å². The average molecular weight is 381 g/mol. The van der Waals surface area contributed by atoms with Crippen LogP contribution < -0.4 is 10.6 Å². The highest BCUT2D eigenvalue weighted by molar-refractivity contribution is 7.13. The molecule has 1 aromatic heterocycles. The Morgan fingerprint density at radius 1 is 1.42 bits per heavy atom. The van der Waals surface area contributed by atoms with Gasteiger partial charge in [0.2, 0.25) is 0 Å². The first-order valence-corrected chi connectivity index (χ1v) is 10.5. The van der Waals surface area contributed by atoms with Gasteiger partial charge in [0.25, 0.3) is 0 Å². The van der Waals surface area contributed by atoms with Crippen molar-refractivity contribution < 1.29 is 9.53 Å². The van der Waals surface area contributed by atoms with Crippen molar-refractivity contribution in [3.8, 4) is 0 Å². The van der Waals surface area contributed by atoms with Crippen LogP contribution in [0.3, 0.4) is 0 Å². The molecule has 1 heterocycles. The second-order valence-corrected chi connectivity index (χ2v) is 7.88. The number of carbonyl (C=O) groups is 1. The summed E-state index contributed by atoms with van der Waals surface area (Å²) in [6.45, 7) is 6.97. The van der Waals surface area contributed by atoms with Crippen molar-refractivity contribution in [3.05, 3.63) is 15.6 Å². The molecule has 1 aliphatic rings. The SMILES string of the molecule is CCOC(=O)c1sc(C(C)NC(=NC)NCCCC2CCCC2)nc1C. The topological polar surface area (TPSA) is 75.6 Å². The zero-order valence-electron chi connectivity index (χ0n) is 16.4. The molecular weight excluding hydrogens is 348 g/mol. The number of nitrogens with one attached hydrogen (secondary N) is 2. The van der Waals surface area contributed by atoms with Crippen molar-refractivity contribution in [2.45, 2.75) is 65.3 Å². The lowest BCUT2D eigenvalue weighted by atomic mass is 10.0. The summed E-state index contributed by atoms with van der Waals surface area (Å²) in [4.78, 5) is 21.4. The van der Waals surface area contributed by atoms with Crippen LogP contribution in [0.1, 0.15) is 78.8 Å². The third-order valence-corrected chi connectivity index (χ3v) is 6.10. The van der Waals surface area contributed by atoms with E-state index in [2.05, 4.69) is 20.6 Å². The van der Waals surface area contributed by atoms with Crippen LogP contribution in [0, 0.1) is 12.8 Å². The zero-order valence-corrected chi connectivity index (χ0v) is 17.2. The summed E-state index contributed by atoms with van der Waals surface area (Å²) in [7, 11) is 1.77. The molecular formula is C19H32N4O2S. The number of ether oxygens (including phenoxy) is 1. The number of hydrogen-bond donors (Lipinski definition) is 2. The number of hydrogen-bond acceptors (Lipinski definition) is 5. The molecule has 146 valence electrons. The largest absolute Gasteiger partial charge is 0.462 e. The summed E-state index contributed by atoms with van der Waals surface area (Å²) in [5.41, 5.74) is 0.719. The van der Waals surface area contributed by atoms with Gasteiger partial charge in [-0.25, -0.2) is 9.78 Å². The van der Waals surface area contributed by atoms with E-state index in [9.17, 15) is 4.79 Å². The fraction of sp³-hybridized carbons (Fsp3) is 0.737. The number of carbonyl (C=O) groups excluding carboxylic acids is 1. The van der Waals surface area contributed by atoms with E-state index < -0.39 is 0 Å². The van der Waals surface area contributed by atoms with Gasteiger partial charge in [-0.2, -0.15) is 0 Å². The van der Waals surface area contributed by atoms with E-state index in [1.165, 1.54) is 49.9 Å². The van der Waals surface area contributed by atoms with Crippen molar-refractivity contribution in [1.29, 1.82) is 0 Å². The molecule has 2 N–H and O–H groups in total. The van der Waals surface area contributed by atoms with E-state index in [0.29, 0.717) is 11.5 Å². The van der Waals surface area contributed by atoms with Crippen LogP contribution in [0.25, 0.3) is 0 Å². The number of thiazole rings is 1. The molecule has 0 amide bonds. The number of nitrogens with zero attached hydrogens (tertiary/aromatic N) is 2. The highest BCUT2D eigenvalue weighted by Gasteiger charge is 2.20. The molecule has 0 radical (unpaired) electrons. The molecule has 7 heteroatoms. The number of guanidine groups is 1. The maximum atomic E-state index is 12.0. The lowest BCUT2D eigenvalue weighted by molar-refractivity contribution is 0.0531. The summed E-state index contributed by atoms with van der Waals surface area (Å²) in [5, 5.41) is 7.60. The first kappa shape index (κ1) is 20.7. The number of esters is 1. The van der Waals surface area contributed by atoms with E-state index in [0.717, 1.165) is 29.1 Å². The maximum absolute atomic E-state index is 12.0. The summed E-state index contributed by atoms with van der Waals surface area (Å²) in [5.74, 6) is 1.40. The summed E-state index contributed by atoms with van der Waals surface area (Å²) in [6.07, 6.45) is 8.07. The molecule has 2 rings (SSSR count). The van der Waals surface area contributed by atoms with Crippen molar-refractivity contribution in [2.75, 3.05) is 20.2 Å². The second kappa shape index (κ2) is 10.5. The zero-order chi connectivity index (χ0) is 18.9. The van der Waals surface area contributed by atoms with Crippen LogP contribution in [0.15, 0.2) is 4.99 Å². The molecule has 0 aromatic carbocycles. The number of rotatable bonds is 8. The van der Waals surface area contributed by atoms with E-state index in [1.807, 2.05) is 20.8 Å². The van der Waals surface area contributed by atoms with Gasteiger partial charge in [0, 0.05) is 13.6 Å². The normalized spacial score (nSPS) is 16.5. The Labute approximate surface area is 160 Å². The van der Waals surface area contributed by atoms with Crippen molar-refractivity contribution in [3.63, 3.8) is 0 Å². The summed E-state index contributed by atoms with van der Waals surface area (Å²) in [6, 6.07) is -0.0251. The molecule has 0 aliphatic heterocycles. The minimum absolute atomic E-state index is 0.0251. The van der Waals surface area contributed by atoms with Gasteiger partial charge in [-0.05, 0) is 39.5 Å². The molecule has 1 aliphatic carbocycles. The predicted octanol–water partition coefficient (Wildman–Crippen LogP) is 3.82. The van der Waals surface area contributed by atoms with Crippen molar-refractivity contribution in [1.82, 2.24) is 15.6 Å². The Kier molecular flexibility index (Phi) is 8.35. The van der Waals surface area contributed by atoms with Crippen molar-refractivity contribution >= 4 is 23.3 Å². The lowest BCUT2D eigenvalue weighted by Crippen LogP contribution is -2.39. The third kappa shape index (κ3) is 5.97. The average Bonchev–Trinajstić information content (AvgIpc) is 3.27.